The number of carbonyl (C=O) groups is 2. The van der Waals surface area contributed by atoms with Crippen molar-refractivity contribution in [3.8, 4) is 6.07 Å². The second kappa shape index (κ2) is 7.49. The van der Waals surface area contributed by atoms with Crippen molar-refractivity contribution >= 4 is 28.9 Å². The summed E-state index contributed by atoms with van der Waals surface area (Å²) in [5, 5.41) is 13.4. The van der Waals surface area contributed by atoms with E-state index in [1.807, 2.05) is 11.4 Å². The van der Waals surface area contributed by atoms with Gasteiger partial charge in [0.1, 0.15) is 6.07 Å². The van der Waals surface area contributed by atoms with Crippen LogP contribution in [0.15, 0.2) is 29.6 Å². The minimum Gasteiger partial charge on any atom is -0.452 e. The first-order valence-corrected chi connectivity index (χ1v) is 9.01. The van der Waals surface area contributed by atoms with Gasteiger partial charge in [-0.3, -0.25) is 4.79 Å². The molecule has 6 heteroatoms. The molecule has 0 fully saturated rings. The Morgan fingerprint density at radius 2 is 2.20 bits per heavy atom. The van der Waals surface area contributed by atoms with Crippen LogP contribution in [0.1, 0.15) is 39.7 Å². The Balaban J connectivity index is 1.59. The van der Waals surface area contributed by atoms with Crippen molar-refractivity contribution in [3.63, 3.8) is 0 Å². The number of nitrogens with one attached hydrogen (secondary N) is 1. The quantitative estimate of drug-likeness (QED) is 0.852. The van der Waals surface area contributed by atoms with E-state index in [4.69, 9.17) is 10.00 Å². The zero-order valence-electron chi connectivity index (χ0n) is 13.9. The first kappa shape index (κ1) is 17.2. The van der Waals surface area contributed by atoms with Crippen LogP contribution in [0, 0.1) is 17.2 Å². The highest BCUT2D eigenvalue weighted by atomic mass is 32.1. The normalized spacial score (nSPS) is 15.8. The third kappa shape index (κ3) is 3.89. The zero-order chi connectivity index (χ0) is 17.8. The molecule has 1 aliphatic rings. The second-order valence-electron chi connectivity index (χ2n) is 6.18. The summed E-state index contributed by atoms with van der Waals surface area (Å²) in [6.45, 7) is 1.84. The molecule has 0 radical (unpaired) electrons. The van der Waals surface area contributed by atoms with E-state index in [0.717, 1.165) is 24.8 Å². The Morgan fingerprint density at radius 1 is 1.40 bits per heavy atom. The lowest BCUT2D eigenvalue weighted by Crippen LogP contribution is -2.22. The highest BCUT2D eigenvalue weighted by Crippen LogP contribution is 2.33. The van der Waals surface area contributed by atoms with Crippen molar-refractivity contribution in [3.05, 3.63) is 51.2 Å². The molecule has 0 saturated heterocycles. The zero-order valence-corrected chi connectivity index (χ0v) is 14.7. The highest BCUT2D eigenvalue weighted by Gasteiger charge is 2.24. The number of amides is 1. The molecule has 3 rings (SSSR count). The minimum atomic E-state index is -0.464. The molecule has 1 heterocycles. The van der Waals surface area contributed by atoms with E-state index >= 15 is 0 Å². The number of hydrogen-bond acceptors (Lipinski definition) is 5. The van der Waals surface area contributed by atoms with Crippen molar-refractivity contribution < 1.29 is 14.3 Å². The molecule has 1 amide bonds. The Labute approximate surface area is 150 Å². The van der Waals surface area contributed by atoms with Crippen LogP contribution in [0.2, 0.25) is 0 Å². The Morgan fingerprint density at radius 3 is 3.00 bits per heavy atom. The summed E-state index contributed by atoms with van der Waals surface area (Å²) in [4.78, 5) is 25.5. The Hall–Kier alpha value is -2.65. The van der Waals surface area contributed by atoms with Gasteiger partial charge in [0.2, 0.25) is 0 Å². The minimum absolute atomic E-state index is 0.364. The molecule has 1 atom stereocenters. The van der Waals surface area contributed by atoms with Gasteiger partial charge in [0.05, 0.1) is 16.8 Å². The first-order chi connectivity index (χ1) is 12.1. The second-order valence-corrected chi connectivity index (χ2v) is 7.14. The smallest absolute Gasteiger partial charge is 0.339 e. The third-order valence-electron chi connectivity index (χ3n) is 4.28. The van der Waals surface area contributed by atoms with Gasteiger partial charge >= 0.3 is 5.97 Å². The van der Waals surface area contributed by atoms with Crippen LogP contribution in [0.3, 0.4) is 0 Å². The number of thiophene rings is 1. The van der Waals surface area contributed by atoms with Crippen LogP contribution in [0.25, 0.3) is 0 Å². The molecule has 1 N–H and O–H groups in total. The highest BCUT2D eigenvalue weighted by molar-refractivity contribution is 7.10. The lowest BCUT2D eigenvalue weighted by atomic mass is 9.88. The number of para-hydroxylation sites is 1. The predicted octanol–water partition coefficient (Wildman–Crippen LogP) is 3.54. The van der Waals surface area contributed by atoms with E-state index in [1.165, 1.54) is 4.88 Å². The monoisotopic (exact) mass is 354 g/mol. The van der Waals surface area contributed by atoms with E-state index in [0.29, 0.717) is 22.7 Å². The van der Waals surface area contributed by atoms with E-state index in [-0.39, 0.29) is 6.61 Å². The number of benzene rings is 1. The summed E-state index contributed by atoms with van der Waals surface area (Å²) in [5.74, 6) is -0.287. The van der Waals surface area contributed by atoms with Gasteiger partial charge in [0.25, 0.3) is 5.91 Å². The SMILES string of the molecule is CC1CCc2c(C(=O)OCC(=O)Nc3ccccc3C#N)csc2C1. The maximum Gasteiger partial charge on any atom is 0.339 e. The largest absolute Gasteiger partial charge is 0.452 e. The maximum absolute atomic E-state index is 12.3. The standard InChI is InChI=1S/C19H18N2O3S/c1-12-6-7-14-15(11-25-17(14)8-12)19(23)24-10-18(22)21-16-5-3-2-4-13(16)9-20/h2-5,11-12H,6-8,10H2,1H3,(H,21,22). The van der Waals surface area contributed by atoms with Gasteiger partial charge in [-0.25, -0.2) is 4.79 Å². The lowest BCUT2D eigenvalue weighted by Gasteiger charge is -2.18. The van der Waals surface area contributed by atoms with Crippen LogP contribution < -0.4 is 5.32 Å². The van der Waals surface area contributed by atoms with Crippen LogP contribution >= 0.6 is 11.3 Å². The van der Waals surface area contributed by atoms with Gasteiger partial charge in [0, 0.05) is 10.3 Å². The molecule has 2 aromatic rings. The number of esters is 1. The average molecular weight is 354 g/mol. The molecular formula is C19H18N2O3S. The van der Waals surface area contributed by atoms with Crippen molar-refractivity contribution in [2.45, 2.75) is 26.2 Å². The molecule has 0 aliphatic heterocycles. The molecule has 0 saturated carbocycles. The summed E-state index contributed by atoms with van der Waals surface area (Å²) < 4.78 is 5.16. The van der Waals surface area contributed by atoms with Gasteiger partial charge < -0.3 is 10.1 Å². The third-order valence-corrected chi connectivity index (χ3v) is 5.33. The molecule has 25 heavy (non-hydrogen) atoms. The molecule has 128 valence electrons. The number of ether oxygens (including phenoxy) is 1. The van der Waals surface area contributed by atoms with Crippen LogP contribution in [-0.2, 0) is 22.4 Å². The Kier molecular flexibility index (Phi) is 5.15. The fraction of sp³-hybridized carbons (Fsp3) is 0.316. The van der Waals surface area contributed by atoms with E-state index in [2.05, 4.69) is 12.2 Å². The first-order valence-electron chi connectivity index (χ1n) is 8.14. The van der Waals surface area contributed by atoms with E-state index < -0.39 is 11.9 Å². The molecule has 1 unspecified atom stereocenters. The number of fused-ring (bicyclic) bond motifs is 1. The number of nitriles is 1. The number of rotatable bonds is 4. The number of carbonyl (C=O) groups excluding carboxylic acids is 2. The van der Waals surface area contributed by atoms with Gasteiger partial charge in [-0.15, -0.1) is 11.3 Å². The average Bonchev–Trinajstić information content (AvgIpc) is 3.03. The number of hydrogen-bond donors (Lipinski definition) is 1. The molecule has 5 nitrogen and oxygen atoms in total. The molecule has 1 aromatic heterocycles. The predicted molar refractivity (Wildman–Crippen MR) is 95.6 cm³/mol. The number of anilines is 1. The Bertz CT molecular complexity index is 851. The van der Waals surface area contributed by atoms with Crippen LogP contribution in [-0.4, -0.2) is 18.5 Å². The van der Waals surface area contributed by atoms with Gasteiger partial charge in [-0.2, -0.15) is 5.26 Å². The summed E-state index contributed by atoms with van der Waals surface area (Å²) in [6.07, 6.45) is 2.94. The van der Waals surface area contributed by atoms with E-state index in [9.17, 15) is 9.59 Å². The lowest BCUT2D eigenvalue weighted by molar-refractivity contribution is -0.119. The molecule has 0 bridgehead atoms. The van der Waals surface area contributed by atoms with Crippen LogP contribution in [0.4, 0.5) is 5.69 Å². The molecule has 1 aliphatic carbocycles. The molecule has 1 aromatic carbocycles. The topological polar surface area (TPSA) is 79.2 Å². The fourth-order valence-electron chi connectivity index (χ4n) is 2.93. The maximum atomic E-state index is 12.3. The number of nitrogens with zero attached hydrogens (tertiary/aromatic N) is 1. The van der Waals surface area contributed by atoms with Crippen molar-refractivity contribution in [1.29, 1.82) is 5.26 Å². The molecule has 0 spiro atoms. The van der Waals surface area contributed by atoms with Gasteiger partial charge in [-0.05, 0) is 42.9 Å². The fourth-order valence-corrected chi connectivity index (χ4v) is 4.17. The van der Waals surface area contributed by atoms with Crippen molar-refractivity contribution in [2.24, 2.45) is 5.92 Å². The summed E-state index contributed by atoms with van der Waals surface area (Å²) in [7, 11) is 0. The summed E-state index contributed by atoms with van der Waals surface area (Å²) >= 11 is 1.59. The van der Waals surface area contributed by atoms with Gasteiger partial charge in [0.15, 0.2) is 6.61 Å². The summed E-state index contributed by atoms with van der Waals surface area (Å²) in [6, 6.07) is 8.69. The van der Waals surface area contributed by atoms with Gasteiger partial charge in [-0.1, -0.05) is 19.1 Å². The summed E-state index contributed by atoms with van der Waals surface area (Å²) in [5.41, 5.74) is 2.43. The van der Waals surface area contributed by atoms with Crippen LogP contribution in [0.5, 0.6) is 0 Å². The van der Waals surface area contributed by atoms with Crippen molar-refractivity contribution in [2.75, 3.05) is 11.9 Å². The van der Waals surface area contributed by atoms with E-state index in [1.54, 1.807) is 35.6 Å². The van der Waals surface area contributed by atoms with Crippen molar-refractivity contribution in [1.82, 2.24) is 0 Å². The molecular weight excluding hydrogens is 336 g/mol.